The van der Waals surface area contributed by atoms with Gasteiger partial charge in [0.1, 0.15) is 0 Å². The van der Waals surface area contributed by atoms with E-state index in [9.17, 15) is 0 Å². The van der Waals surface area contributed by atoms with Gasteiger partial charge in [-0.15, -0.1) is 0 Å². The van der Waals surface area contributed by atoms with Crippen molar-refractivity contribution in [1.29, 1.82) is 0 Å². The summed E-state index contributed by atoms with van der Waals surface area (Å²) in [7, 11) is 3.48. The van der Waals surface area contributed by atoms with Gasteiger partial charge in [0.15, 0.2) is 5.79 Å². The predicted molar refractivity (Wildman–Crippen MR) is 57.3 cm³/mol. The number of hydrogen-bond acceptors (Lipinski definition) is 3. The maximum atomic E-state index is 5.43. The van der Waals surface area contributed by atoms with Gasteiger partial charge < -0.3 is 14.4 Å². The third-order valence-corrected chi connectivity index (χ3v) is 3.19. The Balaban J connectivity index is 2.29. The Morgan fingerprint density at radius 2 is 1.71 bits per heavy atom. The molecule has 3 heteroatoms. The molecule has 84 valence electrons. The van der Waals surface area contributed by atoms with E-state index < -0.39 is 0 Å². The highest BCUT2D eigenvalue weighted by Gasteiger charge is 2.33. The largest absolute Gasteiger partial charge is 0.353 e. The van der Waals surface area contributed by atoms with Gasteiger partial charge in [-0.3, -0.25) is 0 Å². The van der Waals surface area contributed by atoms with Crippen LogP contribution in [-0.2, 0) is 9.47 Å². The van der Waals surface area contributed by atoms with Gasteiger partial charge in [-0.25, -0.2) is 0 Å². The Morgan fingerprint density at radius 3 is 2.14 bits per heavy atom. The van der Waals surface area contributed by atoms with E-state index in [1.807, 2.05) is 0 Å². The van der Waals surface area contributed by atoms with Crippen LogP contribution < -0.4 is 0 Å². The molecule has 0 N–H and O–H groups in total. The number of nitrogens with zero attached hydrogens (tertiary/aromatic N) is 1. The van der Waals surface area contributed by atoms with Crippen molar-refractivity contribution >= 4 is 0 Å². The topological polar surface area (TPSA) is 21.7 Å². The van der Waals surface area contributed by atoms with Gasteiger partial charge in [-0.1, -0.05) is 13.3 Å². The highest BCUT2D eigenvalue weighted by atomic mass is 16.7. The van der Waals surface area contributed by atoms with E-state index in [1.54, 1.807) is 14.2 Å². The van der Waals surface area contributed by atoms with Crippen LogP contribution in [0.5, 0.6) is 0 Å². The molecule has 0 amide bonds. The average Bonchev–Trinajstić information content (AvgIpc) is 2.27. The van der Waals surface area contributed by atoms with Gasteiger partial charge in [0.2, 0.25) is 0 Å². The van der Waals surface area contributed by atoms with Crippen molar-refractivity contribution in [2.24, 2.45) is 0 Å². The molecule has 0 saturated carbocycles. The third kappa shape index (κ3) is 2.94. The lowest BCUT2D eigenvalue weighted by Crippen LogP contribution is -2.46. The standard InChI is InChI=1S/C11H23NO2/c1-4-5-8-12-9-6-11(13-2,14-3)7-10-12/h4-10H2,1-3H3. The molecule has 1 aliphatic rings. The highest BCUT2D eigenvalue weighted by molar-refractivity contribution is 4.79. The maximum Gasteiger partial charge on any atom is 0.169 e. The first kappa shape index (κ1) is 12.0. The molecule has 3 nitrogen and oxygen atoms in total. The first-order chi connectivity index (χ1) is 6.76. The molecule has 0 aromatic rings. The number of likely N-dealkylation sites (tertiary alicyclic amines) is 1. The number of unbranched alkanes of at least 4 members (excludes halogenated alkanes) is 1. The molecule has 0 unspecified atom stereocenters. The van der Waals surface area contributed by atoms with Crippen molar-refractivity contribution in [2.45, 2.75) is 38.4 Å². The number of piperidine rings is 1. The zero-order chi connectivity index (χ0) is 10.4. The smallest absolute Gasteiger partial charge is 0.169 e. The van der Waals surface area contributed by atoms with Crippen molar-refractivity contribution in [2.75, 3.05) is 33.9 Å². The van der Waals surface area contributed by atoms with Gasteiger partial charge in [-0.05, 0) is 13.0 Å². The Morgan fingerprint density at radius 1 is 1.14 bits per heavy atom. The van der Waals surface area contributed by atoms with Crippen molar-refractivity contribution in [3.8, 4) is 0 Å². The van der Waals surface area contributed by atoms with Crippen molar-refractivity contribution in [3.63, 3.8) is 0 Å². The normalized spacial score (nSPS) is 22.5. The monoisotopic (exact) mass is 201 g/mol. The zero-order valence-electron chi connectivity index (χ0n) is 9.71. The number of hydrogen-bond donors (Lipinski definition) is 0. The highest BCUT2D eigenvalue weighted by Crippen LogP contribution is 2.26. The zero-order valence-corrected chi connectivity index (χ0v) is 9.71. The lowest BCUT2D eigenvalue weighted by molar-refractivity contribution is -0.229. The predicted octanol–water partition coefficient (Wildman–Crippen LogP) is 1.87. The van der Waals surface area contributed by atoms with E-state index in [0.717, 1.165) is 25.9 Å². The maximum absolute atomic E-state index is 5.43. The lowest BCUT2D eigenvalue weighted by Gasteiger charge is -2.39. The summed E-state index contributed by atoms with van der Waals surface area (Å²) < 4.78 is 10.9. The van der Waals surface area contributed by atoms with Crippen LogP contribution in [0.3, 0.4) is 0 Å². The summed E-state index contributed by atoms with van der Waals surface area (Å²) in [5, 5.41) is 0. The second-order valence-corrected chi connectivity index (χ2v) is 4.01. The summed E-state index contributed by atoms with van der Waals surface area (Å²) >= 11 is 0. The van der Waals surface area contributed by atoms with Gasteiger partial charge in [0.25, 0.3) is 0 Å². The van der Waals surface area contributed by atoms with Crippen molar-refractivity contribution in [3.05, 3.63) is 0 Å². The molecule has 0 radical (unpaired) electrons. The summed E-state index contributed by atoms with van der Waals surface area (Å²) in [6, 6.07) is 0. The molecular formula is C11H23NO2. The van der Waals surface area contributed by atoms with Crippen LogP contribution in [0.25, 0.3) is 0 Å². The van der Waals surface area contributed by atoms with E-state index in [0.29, 0.717) is 0 Å². The van der Waals surface area contributed by atoms with Crippen LogP contribution in [0.1, 0.15) is 32.6 Å². The van der Waals surface area contributed by atoms with E-state index >= 15 is 0 Å². The molecule has 0 bridgehead atoms. The molecule has 0 aliphatic carbocycles. The molecule has 1 aliphatic heterocycles. The van der Waals surface area contributed by atoms with Gasteiger partial charge in [0, 0.05) is 40.2 Å². The Labute approximate surface area is 87.4 Å². The third-order valence-electron chi connectivity index (χ3n) is 3.19. The van der Waals surface area contributed by atoms with Crippen LogP contribution in [0.4, 0.5) is 0 Å². The Hall–Kier alpha value is -0.120. The molecular weight excluding hydrogens is 178 g/mol. The quantitative estimate of drug-likeness (QED) is 0.634. The molecule has 0 spiro atoms. The van der Waals surface area contributed by atoms with Crippen molar-refractivity contribution < 1.29 is 9.47 Å². The van der Waals surface area contributed by atoms with Crippen molar-refractivity contribution in [1.82, 2.24) is 4.90 Å². The van der Waals surface area contributed by atoms with Gasteiger partial charge >= 0.3 is 0 Å². The minimum absolute atomic E-state index is 0.303. The fraction of sp³-hybridized carbons (Fsp3) is 1.00. The summed E-state index contributed by atoms with van der Waals surface area (Å²) in [5.74, 6) is -0.303. The fourth-order valence-corrected chi connectivity index (χ4v) is 1.99. The summed E-state index contributed by atoms with van der Waals surface area (Å²) in [5.41, 5.74) is 0. The molecule has 1 fully saturated rings. The number of ether oxygens (including phenoxy) is 2. The summed E-state index contributed by atoms with van der Waals surface area (Å²) in [4.78, 5) is 2.50. The van der Waals surface area contributed by atoms with Gasteiger partial charge in [0.05, 0.1) is 0 Å². The van der Waals surface area contributed by atoms with Crippen LogP contribution in [0, 0.1) is 0 Å². The second kappa shape index (κ2) is 5.69. The minimum Gasteiger partial charge on any atom is -0.353 e. The molecule has 0 aromatic heterocycles. The lowest BCUT2D eigenvalue weighted by atomic mass is 10.0. The van der Waals surface area contributed by atoms with Crippen LogP contribution in [0.2, 0.25) is 0 Å². The van der Waals surface area contributed by atoms with E-state index in [1.165, 1.54) is 19.4 Å². The SMILES string of the molecule is CCCCN1CCC(OC)(OC)CC1. The van der Waals surface area contributed by atoms with E-state index in [-0.39, 0.29) is 5.79 Å². The molecule has 0 atom stereocenters. The molecule has 1 rings (SSSR count). The first-order valence-electron chi connectivity index (χ1n) is 5.59. The molecule has 1 saturated heterocycles. The van der Waals surface area contributed by atoms with E-state index in [4.69, 9.17) is 9.47 Å². The van der Waals surface area contributed by atoms with Crippen LogP contribution in [0.15, 0.2) is 0 Å². The molecule has 1 heterocycles. The Bertz CT molecular complexity index is 147. The first-order valence-corrected chi connectivity index (χ1v) is 5.59. The van der Waals surface area contributed by atoms with Crippen LogP contribution in [-0.4, -0.2) is 44.5 Å². The van der Waals surface area contributed by atoms with Gasteiger partial charge in [-0.2, -0.15) is 0 Å². The molecule has 0 aromatic carbocycles. The number of rotatable bonds is 5. The minimum atomic E-state index is -0.303. The summed E-state index contributed by atoms with van der Waals surface area (Å²) in [6.45, 7) is 5.65. The number of methoxy groups -OCH3 is 2. The van der Waals surface area contributed by atoms with Crippen LogP contribution >= 0.6 is 0 Å². The molecule has 14 heavy (non-hydrogen) atoms. The Kier molecular flexibility index (Phi) is 4.85. The summed E-state index contributed by atoms with van der Waals surface area (Å²) in [6.07, 6.45) is 4.55. The average molecular weight is 201 g/mol. The van der Waals surface area contributed by atoms with E-state index in [2.05, 4.69) is 11.8 Å². The fourth-order valence-electron chi connectivity index (χ4n) is 1.99. The second-order valence-electron chi connectivity index (χ2n) is 4.01.